The zero-order valence-corrected chi connectivity index (χ0v) is 18.3. The van der Waals surface area contributed by atoms with Crippen LogP contribution < -0.4 is 10.1 Å². The van der Waals surface area contributed by atoms with E-state index in [0.717, 1.165) is 7.14 Å². The average molecular weight is 600 g/mol. The van der Waals surface area contributed by atoms with Crippen molar-refractivity contribution in [2.24, 2.45) is 0 Å². The molecule has 0 fully saturated rings. The maximum absolute atomic E-state index is 12.4. The van der Waals surface area contributed by atoms with E-state index in [1.807, 2.05) is 57.3 Å². The second-order valence-corrected chi connectivity index (χ2v) is 7.52. The molecule has 0 saturated carbocycles. The lowest BCUT2D eigenvalue weighted by atomic mass is 10.1. The minimum atomic E-state index is -0.683. The highest BCUT2D eigenvalue weighted by Gasteiger charge is 2.14. The van der Waals surface area contributed by atoms with E-state index in [1.54, 1.807) is 12.1 Å². The van der Waals surface area contributed by atoms with Crippen molar-refractivity contribution in [1.82, 2.24) is 0 Å². The van der Waals surface area contributed by atoms with Gasteiger partial charge in [0, 0.05) is 17.8 Å². The van der Waals surface area contributed by atoms with Gasteiger partial charge in [-0.2, -0.15) is 10.5 Å². The van der Waals surface area contributed by atoms with Crippen molar-refractivity contribution in [3.63, 3.8) is 0 Å². The molecule has 2 aromatic rings. The van der Waals surface area contributed by atoms with E-state index >= 15 is 0 Å². The monoisotopic (exact) mass is 600 g/mol. The molecule has 1 N–H and O–H groups in total. The number of hydrogen-bond donors (Lipinski definition) is 1. The maximum atomic E-state index is 12.4. The number of anilines is 1. The predicted molar refractivity (Wildman–Crippen MR) is 118 cm³/mol. The molecule has 2 aromatic carbocycles. The van der Waals surface area contributed by atoms with Gasteiger partial charge in [0.2, 0.25) is 0 Å². The summed E-state index contributed by atoms with van der Waals surface area (Å²) in [6.45, 7) is -0.0871. The Bertz CT molecular complexity index is 1030. The van der Waals surface area contributed by atoms with Gasteiger partial charge in [-0.3, -0.25) is 14.9 Å². The number of hydrogen-bond acceptors (Lipinski definition) is 6. The number of carbonyl (C=O) groups excluding carboxylic acids is 1. The zero-order chi connectivity index (χ0) is 20.7. The summed E-state index contributed by atoms with van der Waals surface area (Å²) in [5.74, 6) is -0.128. The first kappa shape index (κ1) is 21.6. The van der Waals surface area contributed by atoms with E-state index in [2.05, 4.69) is 5.32 Å². The van der Waals surface area contributed by atoms with Gasteiger partial charge in [-0.05, 0) is 75.0 Å². The molecule has 0 heterocycles. The van der Waals surface area contributed by atoms with E-state index in [4.69, 9.17) is 10.00 Å². The minimum absolute atomic E-state index is 0.0871. The fourth-order valence-electron chi connectivity index (χ4n) is 2.12. The van der Waals surface area contributed by atoms with Crippen LogP contribution in [0.5, 0.6) is 5.75 Å². The van der Waals surface area contributed by atoms with Crippen LogP contribution in [0.4, 0.5) is 11.4 Å². The summed E-state index contributed by atoms with van der Waals surface area (Å²) in [4.78, 5) is 22.6. The van der Waals surface area contributed by atoms with Crippen LogP contribution in [0, 0.1) is 39.9 Å². The van der Waals surface area contributed by atoms with Crippen LogP contribution in [0.2, 0.25) is 0 Å². The van der Waals surface area contributed by atoms with Gasteiger partial charge < -0.3 is 10.1 Å². The van der Waals surface area contributed by atoms with Gasteiger partial charge in [0.05, 0.1) is 12.1 Å². The molecule has 0 saturated heterocycles. The molecule has 140 valence electrons. The highest BCUT2D eigenvalue weighted by Crippen LogP contribution is 2.30. The molecule has 1 amide bonds. The first-order chi connectivity index (χ1) is 13.3. The van der Waals surface area contributed by atoms with E-state index in [0.29, 0.717) is 11.3 Å². The van der Waals surface area contributed by atoms with E-state index in [1.165, 1.54) is 30.3 Å². The molecule has 0 radical (unpaired) electrons. The Kier molecular flexibility index (Phi) is 7.71. The largest absolute Gasteiger partial charge is 0.477 e. The average Bonchev–Trinajstić information content (AvgIpc) is 2.65. The number of nitro benzene ring substituents is 1. The van der Waals surface area contributed by atoms with Crippen molar-refractivity contribution >= 4 is 68.5 Å². The maximum Gasteiger partial charge on any atom is 0.271 e. The standard InChI is InChI=1S/C18H10I2N4O4/c19-15-7-11(8-16(20)17(15)28-5-4-21)6-12(10-22)18(25)23-13-2-1-3-14(9-13)24(26)27/h1-3,6-9H,5H2,(H,23,25)/b12-6+. The Morgan fingerprint density at radius 1 is 1.25 bits per heavy atom. The number of halogens is 2. The topological polar surface area (TPSA) is 129 Å². The van der Waals surface area contributed by atoms with Crippen molar-refractivity contribution in [2.75, 3.05) is 11.9 Å². The third kappa shape index (κ3) is 5.64. The lowest BCUT2D eigenvalue weighted by Gasteiger charge is -2.09. The number of carbonyl (C=O) groups is 1. The van der Waals surface area contributed by atoms with Crippen LogP contribution in [0.1, 0.15) is 5.56 Å². The summed E-state index contributed by atoms with van der Waals surface area (Å²) >= 11 is 4.08. The van der Waals surface area contributed by atoms with E-state index in [-0.39, 0.29) is 23.6 Å². The lowest BCUT2D eigenvalue weighted by Crippen LogP contribution is -2.13. The molecule has 0 bridgehead atoms. The predicted octanol–water partition coefficient (Wildman–Crippen LogP) is 4.25. The highest BCUT2D eigenvalue weighted by atomic mass is 127. The molecule has 0 spiro atoms. The molecular weight excluding hydrogens is 590 g/mol. The summed E-state index contributed by atoms with van der Waals surface area (Å²) in [5.41, 5.74) is 0.481. The lowest BCUT2D eigenvalue weighted by molar-refractivity contribution is -0.384. The smallest absolute Gasteiger partial charge is 0.271 e. The fourth-order valence-corrected chi connectivity index (χ4v) is 4.24. The van der Waals surface area contributed by atoms with Gasteiger partial charge in [-0.1, -0.05) is 6.07 Å². The van der Waals surface area contributed by atoms with Gasteiger partial charge >= 0.3 is 0 Å². The molecule has 0 aliphatic carbocycles. The Balaban J connectivity index is 2.27. The van der Waals surface area contributed by atoms with Crippen molar-refractivity contribution in [3.8, 4) is 17.9 Å². The number of benzene rings is 2. The number of nitrogens with zero attached hydrogens (tertiary/aromatic N) is 3. The van der Waals surface area contributed by atoms with Crippen molar-refractivity contribution in [2.45, 2.75) is 0 Å². The van der Waals surface area contributed by atoms with Crippen LogP contribution in [0.15, 0.2) is 42.0 Å². The highest BCUT2D eigenvalue weighted by molar-refractivity contribution is 14.1. The number of amides is 1. The van der Waals surface area contributed by atoms with Crippen LogP contribution >= 0.6 is 45.2 Å². The van der Waals surface area contributed by atoms with Crippen molar-refractivity contribution in [3.05, 3.63) is 64.8 Å². The number of nitriles is 2. The Morgan fingerprint density at radius 3 is 2.50 bits per heavy atom. The first-order valence-corrected chi connectivity index (χ1v) is 9.68. The summed E-state index contributed by atoms with van der Waals surface area (Å²) in [5, 5.41) is 31.3. The van der Waals surface area contributed by atoms with Crippen molar-refractivity contribution < 1.29 is 14.5 Å². The van der Waals surface area contributed by atoms with Crippen LogP contribution in [-0.4, -0.2) is 17.4 Å². The van der Waals surface area contributed by atoms with Gasteiger partial charge in [0.15, 0.2) is 6.61 Å². The number of ether oxygens (including phenoxy) is 1. The van der Waals surface area contributed by atoms with Gasteiger partial charge in [0.25, 0.3) is 11.6 Å². The first-order valence-electron chi connectivity index (χ1n) is 7.52. The fraction of sp³-hybridized carbons (Fsp3) is 0.0556. The molecule has 8 nitrogen and oxygen atoms in total. The molecule has 0 aliphatic rings. The summed E-state index contributed by atoms with van der Waals surface area (Å²) in [7, 11) is 0. The number of nitrogens with one attached hydrogen (secondary N) is 1. The van der Waals surface area contributed by atoms with Gasteiger partial charge in [-0.15, -0.1) is 0 Å². The molecule has 28 heavy (non-hydrogen) atoms. The summed E-state index contributed by atoms with van der Waals surface area (Å²) in [6.07, 6.45) is 1.41. The van der Waals surface area contributed by atoms with Gasteiger partial charge in [0.1, 0.15) is 23.5 Å². The normalized spacial score (nSPS) is 10.5. The number of nitro groups is 1. The number of rotatable bonds is 6. The van der Waals surface area contributed by atoms with Crippen LogP contribution in [0.3, 0.4) is 0 Å². The molecule has 10 heteroatoms. The molecule has 2 rings (SSSR count). The molecular formula is C18H10I2N4O4. The quantitative estimate of drug-likeness (QED) is 0.174. The summed E-state index contributed by atoms with van der Waals surface area (Å²) in [6, 6.07) is 12.6. The minimum Gasteiger partial charge on any atom is -0.477 e. The third-order valence-electron chi connectivity index (χ3n) is 3.29. The van der Waals surface area contributed by atoms with E-state index < -0.39 is 10.8 Å². The second-order valence-electron chi connectivity index (χ2n) is 5.19. The SMILES string of the molecule is N#CCOc1c(I)cc(/C=C(\C#N)C(=O)Nc2cccc([N+](=O)[O-])c2)cc1I. The zero-order valence-electron chi connectivity index (χ0n) is 14.0. The van der Waals surface area contributed by atoms with E-state index in [9.17, 15) is 20.2 Å². The molecule has 0 atom stereocenters. The third-order valence-corrected chi connectivity index (χ3v) is 4.90. The molecule has 0 aliphatic heterocycles. The van der Waals surface area contributed by atoms with Gasteiger partial charge in [-0.25, -0.2) is 0 Å². The van der Waals surface area contributed by atoms with Crippen molar-refractivity contribution in [1.29, 1.82) is 10.5 Å². The second kappa shape index (κ2) is 10.0. The van der Waals surface area contributed by atoms with Crippen LogP contribution in [0.25, 0.3) is 6.08 Å². The Morgan fingerprint density at radius 2 is 1.93 bits per heavy atom. The summed E-state index contributed by atoms with van der Waals surface area (Å²) < 4.78 is 6.81. The Hall–Kier alpha value is -2.71. The molecule has 0 aromatic heterocycles. The van der Waals surface area contributed by atoms with Crippen LogP contribution in [-0.2, 0) is 4.79 Å². The molecule has 0 unspecified atom stereocenters. The number of non-ortho nitro benzene ring substituents is 1. The Labute approximate surface area is 187 Å².